The van der Waals surface area contributed by atoms with Crippen LogP contribution in [0.2, 0.25) is 0 Å². The van der Waals surface area contributed by atoms with Crippen LogP contribution >= 0.6 is 0 Å². The molecule has 0 aliphatic rings. The van der Waals surface area contributed by atoms with Crippen LogP contribution in [0.4, 0.5) is 0 Å². The van der Waals surface area contributed by atoms with Crippen LogP contribution in [0.25, 0.3) is 0 Å². The molecule has 0 saturated carbocycles. The Kier molecular flexibility index (Phi) is 4.28. The molecule has 0 spiro atoms. The van der Waals surface area contributed by atoms with Crippen LogP contribution in [-0.2, 0) is 16.0 Å². The van der Waals surface area contributed by atoms with Gasteiger partial charge in [-0.15, -0.1) is 0 Å². The van der Waals surface area contributed by atoms with Crippen LogP contribution in [0.5, 0.6) is 5.88 Å². The van der Waals surface area contributed by atoms with E-state index in [2.05, 4.69) is 9.72 Å². The van der Waals surface area contributed by atoms with Gasteiger partial charge in [-0.1, -0.05) is 0 Å². The Morgan fingerprint density at radius 1 is 1.56 bits per heavy atom. The Balaban J connectivity index is 2.92. The summed E-state index contributed by atoms with van der Waals surface area (Å²) in [5.74, 6) is 0.0535. The number of carbonyl (C=O) groups excluding carboxylic acids is 1. The summed E-state index contributed by atoms with van der Waals surface area (Å²) < 4.78 is 9.58. The van der Waals surface area contributed by atoms with E-state index < -0.39 is 0 Å². The second-order valence-corrected chi connectivity index (χ2v) is 3.03. The topological polar surface area (TPSA) is 72.2 Å². The molecule has 1 rings (SSSR count). The van der Waals surface area contributed by atoms with Crippen LogP contribution in [-0.4, -0.2) is 25.2 Å². The first-order chi connectivity index (χ1) is 7.72. The molecule has 0 N–H and O–H groups in total. The summed E-state index contributed by atoms with van der Waals surface area (Å²) in [6, 6.07) is 3.63. The van der Waals surface area contributed by atoms with Crippen molar-refractivity contribution in [2.45, 2.75) is 12.8 Å². The van der Waals surface area contributed by atoms with Crippen molar-refractivity contribution in [1.82, 2.24) is 4.98 Å². The molecule has 1 aromatic heterocycles. The first-order valence-corrected chi connectivity index (χ1v) is 4.71. The average molecular weight is 220 g/mol. The Bertz CT molecular complexity index is 424. The highest BCUT2D eigenvalue weighted by atomic mass is 16.5. The number of nitrogens with zero attached hydrogens (tertiary/aromatic N) is 2. The highest BCUT2D eigenvalue weighted by Gasteiger charge is 2.12. The van der Waals surface area contributed by atoms with Crippen molar-refractivity contribution in [2.75, 3.05) is 14.2 Å². The number of rotatable bonds is 4. The third-order valence-electron chi connectivity index (χ3n) is 2.14. The molecule has 0 aromatic carbocycles. The lowest BCUT2D eigenvalue weighted by Crippen LogP contribution is -2.05. The van der Waals surface area contributed by atoms with Crippen LogP contribution < -0.4 is 4.74 Å². The predicted octanol–water partition coefficient (Wildman–Crippen LogP) is 1.07. The number of esters is 1. The molecular weight excluding hydrogens is 208 g/mol. The molecule has 16 heavy (non-hydrogen) atoms. The lowest BCUT2D eigenvalue weighted by atomic mass is 10.1. The molecule has 0 atom stereocenters. The molecule has 1 heterocycles. The van der Waals surface area contributed by atoms with Crippen molar-refractivity contribution in [3.63, 3.8) is 0 Å². The van der Waals surface area contributed by atoms with Crippen LogP contribution in [0.3, 0.4) is 0 Å². The molecule has 84 valence electrons. The highest BCUT2D eigenvalue weighted by Crippen LogP contribution is 2.20. The number of aromatic nitrogens is 1. The average Bonchev–Trinajstić information content (AvgIpc) is 2.35. The molecule has 0 unspecified atom stereocenters. The zero-order valence-electron chi connectivity index (χ0n) is 9.19. The van der Waals surface area contributed by atoms with Gasteiger partial charge in [0.25, 0.3) is 0 Å². The molecule has 0 saturated heterocycles. The van der Waals surface area contributed by atoms with Crippen molar-refractivity contribution in [3.8, 4) is 11.9 Å². The van der Waals surface area contributed by atoms with Gasteiger partial charge in [-0.2, -0.15) is 5.26 Å². The van der Waals surface area contributed by atoms with E-state index in [4.69, 9.17) is 10.00 Å². The number of carbonyl (C=O) groups is 1. The van der Waals surface area contributed by atoms with E-state index in [1.165, 1.54) is 20.4 Å². The Hall–Kier alpha value is -2.09. The van der Waals surface area contributed by atoms with Gasteiger partial charge in [-0.05, 0) is 12.5 Å². The summed E-state index contributed by atoms with van der Waals surface area (Å²) in [6.07, 6.45) is 2.08. The van der Waals surface area contributed by atoms with Gasteiger partial charge in [0, 0.05) is 18.2 Å². The van der Waals surface area contributed by atoms with E-state index in [0.29, 0.717) is 23.4 Å². The smallest absolute Gasteiger partial charge is 0.305 e. The number of pyridine rings is 1. The molecule has 0 radical (unpaired) electrons. The van der Waals surface area contributed by atoms with Gasteiger partial charge in [0.05, 0.1) is 25.9 Å². The number of nitriles is 1. The minimum atomic E-state index is -0.324. The van der Waals surface area contributed by atoms with Crippen LogP contribution in [0.15, 0.2) is 12.3 Å². The highest BCUT2D eigenvalue weighted by molar-refractivity contribution is 5.69. The number of hydrogen-bond donors (Lipinski definition) is 0. The van der Waals surface area contributed by atoms with Gasteiger partial charge in [-0.3, -0.25) is 4.79 Å². The maximum absolute atomic E-state index is 11.0. The molecule has 0 aliphatic carbocycles. The SMILES string of the molecule is COC(=O)CCc1c(C#N)ccnc1OC. The number of methoxy groups -OCH3 is 2. The van der Waals surface area contributed by atoms with Crippen molar-refractivity contribution >= 4 is 5.97 Å². The summed E-state index contributed by atoms with van der Waals surface area (Å²) in [6.45, 7) is 0. The summed E-state index contributed by atoms with van der Waals surface area (Å²) in [7, 11) is 2.80. The van der Waals surface area contributed by atoms with E-state index in [0.717, 1.165) is 0 Å². The first kappa shape index (κ1) is 12.0. The van der Waals surface area contributed by atoms with Gasteiger partial charge >= 0.3 is 5.97 Å². The van der Waals surface area contributed by atoms with Gasteiger partial charge in [-0.25, -0.2) is 4.98 Å². The summed E-state index contributed by atoms with van der Waals surface area (Å²) in [5.41, 5.74) is 1.11. The first-order valence-electron chi connectivity index (χ1n) is 4.71. The second-order valence-electron chi connectivity index (χ2n) is 3.03. The number of hydrogen-bond acceptors (Lipinski definition) is 5. The van der Waals surface area contributed by atoms with Crippen molar-refractivity contribution in [3.05, 3.63) is 23.4 Å². The van der Waals surface area contributed by atoms with E-state index in [9.17, 15) is 4.79 Å². The zero-order chi connectivity index (χ0) is 12.0. The third-order valence-corrected chi connectivity index (χ3v) is 2.14. The largest absolute Gasteiger partial charge is 0.481 e. The number of ether oxygens (including phenoxy) is 2. The molecule has 0 bridgehead atoms. The van der Waals surface area contributed by atoms with E-state index in [1.807, 2.05) is 6.07 Å². The lowest BCUT2D eigenvalue weighted by Gasteiger charge is -2.07. The van der Waals surface area contributed by atoms with Gasteiger partial charge in [0.1, 0.15) is 0 Å². The lowest BCUT2D eigenvalue weighted by molar-refractivity contribution is -0.140. The standard InChI is InChI=1S/C11H12N2O3/c1-15-10(14)4-3-9-8(7-12)5-6-13-11(9)16-2/h5-6H,3-4H2,1-2H3. The molecule has 5 heteroatoms. The molecule has 5 nitrogen and oxygen atoms in total. The third kappa shape index (κ3) is 2.70. The van der Waals surface area contributed by atoms with Gasteiger partial charge in [0.15, 0.2) is 0 Å². The molecule has 1 aromatic rings. The van der Waals surface area contributed by atoms with E-state index in [1.54, 1.807) is 6.07 Å². The fourth-order valence-corrected chi connectivity index (χ4v) is 1.32. The fourth-order valence-electron chi connectivity index (χ4n) is 1.32. The van der Waals surface area contributed by atoms with E-state index >= 15 is 0 Å². The summed E-state index contributed by atoms with van der Waals surface area (Å²) in [4.78, 5) is 15.0. The van der Waals surface area contributed by atoms with Crippen molar-refractivity contribution < 1.29 is 14.3 Å². The monoisotopic (exact) mass is 220 g/mol. The zero-order valence-corrected chi connectivity index (χ0v) is 9.19. The molecular formula is C11H12N2O3. The Labute approximate surface area is 93.6 Å². The van der Waals surface area contributed by atoms with Crippen molar-refractivity contribution in [1.29, 1.82) is 5.26 Å². The second kappa shape index (κ2) is 5.71. The van der Waals surface area contributed by atoms with Crippen molar-refractivity contribution in [2.24, 2.45) is 0 Å². The maximum atomic E-state index is 11.0. The normalized spacial score (nSPS) is 9.31. The predicted molar refractivity (Wildman–Crippen MR) is 55.8 cm³/mol. The van der Waals surface area contributed by atoms with Gasteiger partial charge < -0.3 is 9.47 Å². The maximum Gasteiger partial charge on any atom is 0.305 e. The molecule has 0 aliphatic heterocycles. The molecule has 0 fully saturated rings. The van der Waals surface area contributed by atoms with E-state index in [-0.39, 0.29) is 12.4 Å². The Morgan fingerprint density at radius 3 is 2.88 bits per heavy atom. The minimum absolute atomic E-state index is 0.202. The summed E-state index contributed by atoms with van der Waals surface area (Å²) >= 11 is 0. The van der Waals surface area contributed by atoms with Gasteiger partial charge in [0.2, 0.25) is 5.88 Å². The quantitative estimate of drug-likeness (QED) is 0.709. The molecule has 0 amide bonds. The fraction of sp³-hybridized carbons (Fsp3) is 0.364. The minimum Gasteiger partial charge on any atom is -0.481 e. The van der Waals surface area contributed by atoms with Crippen LogP contribution in [0.1, 0.15) is 17.5 Å². The van der Waals surface area contributed by atoms with Crippen LogP contribution in [0, 0.1) is 11.3 Å². The summed E-state index contributed by atoms with van der Waals surface area (Å²) in [5, 5.41) is 8.91. The Morgan fingerprint density at radius 2 is 2.31 bits per heavy atom.